The summed E-state index contributed by atoms with van der Waals surface area (Å²) >= 11 is 0. The van der Waals surface area contributed by atoms with Crippen LogP contribution in [-0.4, -0.2) is 20.9 Å². The van der Waals surface area contributed by atoms with E-state index in [9.17, 15) is 13.2 Å². The zero-order valence-corrected chi connectivity index (χ0v) is 14.1. The highest BCUT2D eigenvalue weighted by atomic mass is 32.2. The molecule has 0 radical (unpaired) electrons. The van der Waals surface area contributed by atoms with Crippen LogP contribution in [0.25, 0.3) is 0 Å². The van der Waals surface area contributed by atoms with Crippen molar-refractivity contribution >= 4 is 15.9 Å². The summed E-state index contributed by atoms with van der Waals surface area (Å²) in [5.41, 5.74) is 1.98. The van der Waals surface area contributed by atoms with E-state index in [2.05, 4.69) is 4.72 Å². The Balaban J connectivity index is 2.21. The first-order valence-corrected chi connectivity index (χ1v) is 8.69. The van der Waals surface area contributed by atoms with Gasteiger partial charge in [-0.2, -0.15) is 0 Å². The van der Waals surface area contributed by atoms with Gasteiger partial charge in [-0.3, -0.25) is 4.79 Å². The first kappa shape index (κ1) is 17.0. The maximum Gasteiger partial charge on any atom is 0.265 e. The zero-order chi connectivity index (χ0) is 17.0. The van der Waals surface area contributed by atoms with E-state index in [1.165, 1.54) is 18.2 Å². The molecule has 2 rings (SSSR count). The molecule has 23 heavy (non-hydrogen) atoms. The summed E-state index contributed by atoms with van der Waals surface area (Å²) in [5.74, 6) is 0.00200. The molecule has 5 nitrogen and oxygen atoms in total. The molecule has 0 saturated heterocycles. The summed E-state index contributed by atoms with van der Waals surface area (Å²) in [7, 11) is -3.89. The van der Waals surface area contributed by atoms with Crippen LogP contribution in [0.15, 0.2) is 47.4 Å². The van der Waals surface area contributed by atoms with Gasteiger partial charge in [0.2, 0.25) is 0 Å². The van der Waals surface area contributed by atoms with Gasteiger partial charge in [0.1, 0.15) is 5.75 Å². The van der Waals surface area contributed by atoms with Crippen molar-refractivity contribution < 1.29 is 17.9 Å². The van der Waals surface area contributed by atoms with E-state index in [-0.39, 0.29) is 10.5 Å². The number of ether oxygens (including phenoxy) is 1. The molecule has 1 amide bonds. The van der Waals surface area contributed by atoms with E-state index < -0.39 is 15.9 Å². The molecule has 122 valence electrons. The Morgan fingerprint density at radius 2 is 1.74 bits per heavy atom. The van der Waals surface area contributed by atoms with Gasteiger partial charge in [-0.05, 0) is 56.7 Å². The van der Waals surface area contributed by atoms with Crippen LogP contribution in [0.4, 0.5) is 0 Å². The monoisotopic (exact) mass is 333 g/mol. The summed E-state index contributed by atoms with van der Waals surface area (Å²) in [5, 5.41) is 0. The number of hydrogen-bond acceptors (Lipinski definition) is 4. The van der Waals surface area contributed by atoms with Gasteiger partial charge in [-0.25, -0.2) is 13.1 Å². The van der Waals surface area contributed by atoms with E-state index in [0.717, 1.165) is 11.1 Å². The predicted molar refractivity (Wildman–Crippen MR) is 88.2 cm³/mol. The number of amides is 1. The van der Waals surface area contributed by atoms with Gasteiger partial charge in [0.15, 0.2) is 0 Å². The van der Waals surface area contributed by atoms with Crippen LogP contribution in [0.1, 0.15) is 28.4 Å². The minimum absolute atomic E-state index is 0.0547. The van der Waals surface area contributed by atoms with Crippen molar-refractivity contribution in [2.75, 3.05) is 6.61 Å². The van der Waals surface area contributed by atoms with Gasteiger partial charge in [-0.15, -0.1) is 0 Å². The van der Waals surface area contributed by atoms with Gasteiger partial charge in [-0.1, -0.05) is 17.7 Å². The van der Waals surface area contributed by atoms with Crippen LogP contribution >= 0.6 is 0 Å². The third-order valence-electron chi connectivity index (χ3n) is 3.30. The van der Waals surface area contributed by atoms with E-state index >= 15 is 0 Å². The maximum atomic E-state index is 12.2. The summed E-state index contributed by atoms with van der Waals surface area (Å²) in [4.78, 5) is 12.2. The summed E-state index contributed by atoms with van der Waals surface area (Å²) < 4.78 is 31.9. The highest BCUT2D eigenvalue weighted by molar-refractivity contribution is 7.90. The molecule has 0 heterocycles. The van der Waals surface area contributed by atoms with Crippen LogP contribution in [0.3, 0.4) is 0 Å². The molecule has 2 aromatic carbocycles. The Bertz CT molecular complexity index is 811. The predicted octanol–water partition coefficient (Wildman–Crippen LogP) is 2.82. The Kier molecular flexibility index (Phi) is 5.05. The Morgan fingerprint density at radius 1 is 1.09 bits per heavy atom. The van der Waals surface area contributed by atoms with Crippen molar-refractivity contribution in [3.8, 4) is 5.75 Å². The molecule has 2 aromatic rings. The topological polar surface area (TPSA) is 72.5 Å². The SMILES string of the molecule is CCOc1ccc(C(=O)NS(=O)(=O)c2ccc(C)cc2)cc1C. The van der Waals surface area contributed by atoms with Crippen molar-refractivity contribution in [3.05, 3.63) is 59.2 Å². The normalized spacial score (nSPS) is 11.1. The Morgan fingerprint density at radius 3 is 2.30 bits per heavy atom. The first-order valence-electron chi connectivity index (χ1n) is 7.21. The average Bonchev–Trinajstić information content (AvgIpc) is 2.49. The number of nitrogens with one attached hydrogen (secondary N) is 1. The third-order valence-corrected chi connectivity index (χ3v) is 4.64. The molecule has 0 aliphatic heterocycles. The van der Waals surface area contributed by atoms with Crippen molar-refractivity contribution in [1.82, 2.24) is 4.72 Å². The minimum atomic E-state index is -3.89. The maximum absolute atomic E-state index is 12.2. The smallest absolute Gasteiger partial charge is 0.265 e. The number of carbonyl (C=O) groups is 1. The third kappa shape index (κ3) is 4.10. The lowest BCUT2D eigenvalue weighted by Gasteiger charge is -2.10. The second-order valence-corrected chi connectivity index (χ2v) is 6.84. The van der Waals surface area contributed by atoms with Crippen molar-refractivity contribution in [2.24, 2.45) is 0 Å². The second-order valence-electron chi connectivity index (χ2n) is 5.16. The molecular formula is C17H19NO4S. The standard InChI is InChI=1S/C17H19NO4S/c1-4-22-16-10-7-14(11-13(16)3)17(19)18-23(20,21)15-8-5-12(2)6-9-15/h5-11H,4H2,1-3H3,(H,18,19). The van der Waals surface area contributed by atoms with Gasteiger partial charge in [0.25, 0.3) is 15.9 Å². The second kappa shape index (κ2) is 6.83. The Hall–Kier alpha value is -2.34. The molecular weight excluding hydrogens is 314 g/mol. The van der Waals surface area contributed by atoms with Gasteiger partial charge in [0, 0.05) is 5.56 Å². The largest absolute Gasteiger partial charge is 0.494 e. The highest BCUT2D eigenvalue weighted by Crippen LogP contribution is 2.19. The molecule has 1 N–H and O–H groups in total. The van der Waals surface area contributed by atoms with E-state index in [0.29, 0.717) is 12.4 Å². The summed E-state index contributed by atoms with van der Waals surface area (Å²) in [6.07, 6.45) is 0. The van der Waals surface area contributed by atoms with Gasteiger partial charge in [0.05, 0.1) is 11.5 Å². The van der Waals surface area contributed by atoms with Crippen LogP contribution in [0.2, 0.25) is 0 Å². The molecule has 0 atom stereocenters. The van der Waals surface area contributed by atoms with Crippen LogP contribution in [0, 0.1) is 13.8 Å². The molecule has 0 fully saturated rings. The van der Waals surface area contributed by atoms with Crippen LogP contribution in [-0.2, 0) is 10.0 Å². The lowest BCUT2D eigenvalue weighted by atomic mass is 10.1. The number of rotatable bonds is 5. The fraction of sp³-hybridized carbons (Fsp3) is 0.235. The summed E-state index contributed by atoms with van der Waals surface area (Å²) in [6, 6.07) is 11.1. The van der Waals surface area contributed by atoms with Crippen LogP contribution in [0.5, 0.6) is 5.75 Å². The molecule has 0 unspecified atom stereocenters. The molecule has 0 aliphatic rings. The number of carbonyl (C=O) groups excluding carboxylic acids is 1. The van der Waals surface area contributed by atoms with Crippen molar-refractivity contribution in [3.63, 3.8) is 0 Å². The zero-order valence-electron chi connectivity index (χ0n) is 13.3. The molecule has 0 aromatic heterocycles. The highest BCUT2D eigenvalue weighted by Gasteiger charge is 2.19. The lowest BCUT2D eigenvalue weighted by Crippen LogP contribution is -2.30. The summed E-state index contributed by atoms with van der Waals surface area (Å²) in [6.45, 7) is 6.05. The van der Waals surface area contributed by atoms with Crippen molar-refractivity contribution in [2.45, 2.75) is 25.7 Å². The van der Waals surface area contributed by atoms with Crippen molar-refractivity contribution in [1.29, 1.82) is 0 Å². The molecule has 0 spiro atoms. The number of hydrogen-bond donors (Lipinski definition) is 1. The number of benzene rings is 2. The molecule has 0 bridgehead atoms. The fourth-order valence-corrected chi connectivity index (χ4v) is 3.04. The number of sulfonamides is 1. The fourth-order valence-electron chi connectivity index (χ4n) is 2.07. The molecule has 0 aliphatic carbocycles. The lowest BCUT2D eigenvalue weighted by molar-refractivity contribution is 0.0981. The Labute approximate surface area is 136 Å². The molecule has 6 heteroatoms. The van der Waals surface area contributed by atoms with E-state index in [1.54, 1.807) is 31.2 Å². The van der Waals surface area contributed by atoms with Gasteiger partial charge >= 0.3 is 0 Å². The van der Waals surface area contributed by atoms with E-state index in [4.69, 9.17) is 4.74 Å². The average molecular weight is 333 g/mol. The van der Waals surface area contributed by atoms with E-state index in [1.807, 2.05) is 13.8 Å². The quantitative estimate of drug-likeness (QED) is 0.913. The van der Waals surface area contributed by atoms with Gasteiger partial charge < -0.3 is 4.74 Å². The number of aryl methyl sites for hydroxylation is 2. The van der Waals surface area contributed by atoms with Crippen LogP contribution < -0.4 is 9.46 Å². The molecule has 0 saturated carbocycles. The first-order chi connectivity index (χ1) is 10.8. The minimum Gasteiger partial charge on any atom is -0.494 e.